The second-order valence-corrected chi connectivity index (χ2v) is 6.78. The van der Waals surface area contributed by atoms with Gasteiger partial charge in [0.25, 0.3) is 5.91 Å². The molecule has 1 saturated heterocycles. The zero-order valence-electron chi connectivity index (χ0n) is 14.0. The fraction of sp³-hybridized carbons (Fsp3) is 0.529. The van der Waals surface area contributed by atoms with E-state index < -0.39 is 5.60 Å². The number of hydrogen-bond donors (Lipinski definition) is 0. The number of ether oxygens (including phenoxy) is 1. The molecular formula is C17H23FN2O3. The quantitative estimate of drug-likeness (QED) is 0.799. The number of carbonyl (C=O) groups is 2. The summed E-state index contributed by atoms with van der Waals surface area (Å²) < 4.78 is 18.3. The van der Waals surface area contributed by atoms with Crippen molar-refractivity contribution in [2.75, 3.05) is 19.6 Å². The Labute approximate surface area is 136 Å². The molecule has 1 aromatic rings. The number of amides is 2. The molecule has 1 aliphatic rings. The van der Waals surface area contributed by atoms with Crippen molar-refractivity contribution in [2.24, 2.45) is 0 Å². The van der Waals surface area contributed by atoms with Crippen LogP contribution in [-0.4, -0.2) is 53.1 Å². The maximum Gasteiger partial charge on any atom is 0.410 e. The Bertz CT molecular complexity index is 580. The van der Waals surface area contributed by atoms with Gasteiger partial charge in [-0.25, -0.2) is 9.18 Å². The number of halogens is 1. The van der Waals surface area contributed by atoms with Crippen LogP contribution in [-0.2, 0) is 4.74 Å². The van der Waals surface area contributed by atoms with Crippen LogP contribution in [0.2, 0.25) is 0 Å². The van der Waals surface area contributed by atoms with Crippen LogP contribution in [0.4, 0.5) is 9.18 Å². The first-order valence-electron chi connectivity index (χ1n) is 7.72. The fourth-order valence-corrected chi connectivity index (χ4v) is 2.51. The van der Waals surface area contributed by atoms with Crippen LogP contribution in [0.15, 0.2) is 24.3 Å². The molecule has 0 bridgehead atoms. The molecule has 0 aromatic heterocycles. The Hall–Kier alpha value is -2.11. The van der Waals surface area contributed by atoms with E-state index in [0.717, 1.165) is 0 Å². The Balaban J connectivity index is 2.00. The summed E-state index contributed by atoms with van der Waals surface area (Å²) in [6.45, 7) is 8.62. The SMILES string of the molecule is C[C@@H]1CN(C(=O)OC(C)(C)C)CCN1C(=O)c1ccc(F)cc1. The second kappa shape index (κ2) is 6.56. The highest BCUT2D eigenvalue weighted by molar-refractivity contribution is 5.94. The second-order valence-electron chi connectivity index (χ2n) is 6.78. The van der Waals surface area contributed by atoms with Crippen LogP contribution in [0.1, 0.15) is 38.1 Å². The minimum atomic E-state index is -0.540. The van der Waals surface area contributed by atoms with Gasteiger partial charge in [-0.2, -0.15) is 0 Å². The first-order chi connectivity index (χ1) is 10.7. The average Bonchev–Trinajstić information content (AvgIpc) is 2.45. The molecule has 0 spiro atoms. The van der Waals surface area contributed by atoms with E-state index in [1.165, 1.54) is 24.3 Å². The Kier molecular flexibility index (Phi) is 4.92. The summed E-state index contributed by atoms with van der Waals surface area (Å²) in [7, 11) is 0. The summed E-state index contributed by atoms with van der Waals surface area (Å²) in [4.78, 5) is 27.9. The third kappa shape index (κ3) is 4.43. The molecular weight excluding hydrogens is 299 g/mol. The highest BCUT2D eigenvalue weighted by Gasteiger charge is 2.32. The van der Waals surface area contributed by atoms with Crippen LogP contribution in [0, 0.1) is 5.82 Å². The van der Waals surface area contributed by atoms with Crippen LogP contribution in [0.3, 0.4) is 0 Å². The highest BCUT2D eigenvalue weighted by atomic mass is 19.1. The van der Waals surface area contributed by atoms with E-state index in [4.69, 9.17) is 4.74 Å². The lowest BCUT2D eigenvalue weighted by molar-refractivity contribution is 0.00617. The fourth-order valence-electron chi connectivity index (χ4n) is 2.51. The van der Waals surface area contributed by atoms with Gasteiger partial charge in [-0.15, -0.1) is 0 Å². The molecule has 1 atom stereocenters. The molecule has 126 valence electrons. The molecule has 2 rings (SSSR count). The molecule has 0 radical (unpaired) electrons. The van der Waals surface area contributed by atoms with Crippen molar-refractivity contribution in [2.45, 2.75) is 39.3 Å². The van der Waals surface area contributed by atoms with Gasteiger partial charge >= 0.3 is 6.09 Å². The van der Waals surface area contributed by atoms with Crippen molar-refractivity contribution in [1.82, 2.24) is 9.80 Å². The van der Waals surface area contributed by atoms with Crippen LogP contribution >= 0.6 is 0 Å². The lowest BCUT2D eigenvalue weighted by Gasteiger charge is -2.40. The summed E-state index contributed by atoms with van der Waals surface area (Å²) in [5.41, 5.74) is -0.0922. The molecule has 23 heavy (non-hydrogen) atoms. The van der Waals surface area contributed by atoms with Gasteiger partial charge in [0.05, 0.1) is 0 Å². The monoisotopic (exact) mass is 322 g/mol. The smallest absolute Gasteiger partial charge is 0.410 e. The number of hydrogen-bond acceptors (Lipinski definition) is 3. The molecule has 0 aliphatic carbocycles. The summed E-state index contributed by atoms with van der Waals surface area (Å²) >= 11 is 0. The highest BCUT2D eigenvalue weighted by Crippen LogP contribution is 2.17. The standard InChI is InChI=1S/C17H23FN2O3/c1-12-11-19(16(22)23-17(2,3)4)9-10-20(12)15(21)13-5-7-14(18)8-6-13/h5-8,12H,9-11H2,1-4H3/t12-/m1/s1. The van der Waals surface area contributed by atoms with Gasteiger partial charge < -0.3 is 14.5 Å². The number of carbonyl (C=O) groups excluding carboxylic acids is 2. The van der Waals surface area contributed by atoms with Gasteiger partial charge in [-0.05, 0) is 52.0 Å². The van der Waals surface area contributed by atoms with E-state index in [1.807, 2.05) is 27.7 Å². The predicted octanol–water partition coefficient (Wildman–Crippen LogP) is 2.91. The van der Waals surface area contributed by atoms with Gasteiger partial charge in [0.1, 0.15) is 11.4 Å². The van der Waals surface area contributed by atoms with Crippen LogP contribution in [0.5, 0.6) is 0 Å². The summed E-state index contributed by atoms with van der Waals surface area (Å²) in [5, 5.41) is 0. The third-order valence-corrected chi connectivity index (χ3v) is 3.63. The summed E-state index contributed by atoms with van der Waals surface area (Å²) in [5.74, 6) is -0.523. The first kappa shape index (κ1) is 17.2. The van der Waals surface area contributed by atoms with Crippen molar-refractivity contribution in [1.29, 1.82) is 0 Å². The van der Waals surface area contributed by atoms with Crippen molar-refractivity contribution in [3.8, 4) is 0 Å². The molecule has 1 fully saturated rings. The van der Waals surface area contributed by atoms with Gasteiger partial charge in [-0.3, -0.25) is 4.79 Å². The van der Waals surface area contributed by atoms with Gasteiger partial charge in [0, 0.05) is 31.2 Å². The van der Waals surface area contributed by atoms with Crippen molar-refractivity contribution in [3.05, 3.63) is 35.6 Å². The summed E-state index contributed by atoms with van der Waals surface area (Å²) in [6, 6.07) is 5.37. The molecule has 1 aromatic carbocycles. The third-order valence-electron chi connectivity index (χ3n) is 3.63. The van der Waals surface area contributed by atoms with Crippen LogP contribution in [0.25, 0.3) is 0 Å². The lowest BCUT2D eigenvalue weighted by atomic mass is 10.1. The van der Waals surface area contributed by atoms with Gasteiger partial charge in [0.2, 0.25) is 0 Å². The number of nitrogens with zero attached hydrogens (tertiary/aromatic N) is 2. The average molecular weight is 322 g/mol. The van der Waals surface area contributed by atoms with E-state index in [0.29, 0.717) is 25.2 Å². The largest absolute Gasteiger partial charge is 0.444 e. The van der Waals surface area contributed by atoms with Gasteiger partial charge in [0.15, 0.2) is 0 Å². The van der Waals surface area contributed by atoms with Gasteiger partial charge in [-0.1, -0.05) is 0 Å². The number of rotatable bonds is 1. The van der Waals surface area contributed by atoms with E-state index >= 15 is 0 Å². The van der Waals surface area contributed by atoms with E-state index in [1.54, 1.807) is 9.80 Å². The molecule has 1 aliphatic heterocycles. The zero-order valence-corrected chi connectivity index (χ0v) is 14.0. The normalized spacial score (nSPS) is 18.7. The Morgan fingerprint density at radius 1 is 1.17 bits per heavy atom. The van der Waals surface area contributed by atoms with E-state index in [2.05, 4.69) is 0 Å². The minimum absolute atomic E-state index is 0.131. The Morgan fingerprint density at radius 3 is 2.30 bits per heavy atom. The predicted molar refractivity (Wildman–Crippen MR) is 84.7 cm³/mol. The van der Waals surface area contributed by atoms with Crippen LogP contribution < -0.4 is 0 Å². The molecule has 5 nitrogen and oxygen atoms in total. The molecule has 0 unspecified atom stereocenters. The van der Waals surface area contributed by atoms with E-state index in [9.17, 15) is 14.0 Å². The molecule has 0 saturated carbocycles. The zero-order chi connectivity index (χ0) is 17.2. The Morgan fingerprint density at radius 2 is 1.78 bits per heavy atom. The summed E-state index contributed by atoms with van der Waals surface area (Å²) in [6.07, 6.45) is -0.363. The van der Waals surface area contributed by atoms with Crippen molar-refractivity contribution in [3.63, 3.8) is 0 Å². The maximum atomic E-state index is 13.0. The van der Waals surface area contributed by atoms with E-state index in [-0.39, 0.29) is 23.9 Å². The molecule has 2 amide bonds. The number of benzene rings is 1. The van der Waals surface area contributed by atoms with Crippen molar-refractivity contribution >= 4 is 12.0 Å². The number of piperazine rings is 1. The molecule has 0 N–H and O–H groups in total. The minimum Gasteiger partial charge on any atom is -0.444 e. The topological polar surface area (TPSA) is 49.9 Å². The molecule has 6 heteroatoms. The lowest BCUT2D eigenvalue weighted by Crippen LogP contribution is -2.56. The molecule has 1 heterocycles. The van der Waals surface area contributed by atoms with Crippen molar-refractivity contribution < 1.29 is 18.7 Å². The first-order valence-corrected chi connectivity index (χ1v) is 7.72. The maximum absolute atomic E-state index is 13.0.